The molecule has 0 amide bonds. The number of aryl methyl sites for hydroxylation is 1. The molecule has 1 aromatic carbocycles. The minimum absolute atomic E-state index is 0.661. The van der Waals surface area contributed by atoms with Crippen molar-refractivity contribution in [2.24, 2.45) is 0 Å². The van der Waals surface area contributed by atoms with Crippen LogP contribution in [0.2, 0.25) is 0 Å². The predicted octanol–water partition coefficient (Wildman–Crippen LogP) is 1.85. The number of fused-ring (bicyclic) bond motifs is 1. The first-order chi connectivity index (χ1) is 7.36. The molecule has 3 heteroatoms. The zero-order valence-corrected chi connectivity index (χ0v) is 8.35. The van der Waals surface area contributed by atoms with E-state index in [1.54, 1.807) is 0 Å². The maximum atomic E-state index is 8.89. The molecule has 0 saturated heterocycles. The molecule has 1 heterocycles. The fraction of sp³-hybridized carbons (Fsp3) is 0.333. The number of anilines is 1. The summed E-state index contributed by atoms with van der Waals surface area (Å²) in [6.45, 7) is 0.794. The Labute approximate surface area is 89.2 Å². The molecule has 0 N–H and O–H groups in total. The maximum Gasteiger partial charge on any atom is 0.204 e. The number of rotatable bonds is 1. The molecule has 0 fully saturated rings. The molecule has 1 aliphatic heterocycles. The summed E-state index contributed by atoms with van der Waals surface area (Å²) >= 11 is 0. The lowest BCUT2D eigenvalue weighted by Crippen LogP contribution is -2.37. The lowest BCUT2D eigenvalue weighted by molar-refractivity contribution is 0.690. The van der Waals surface area contributed by atoms with Gasteiger partial charge in [0.1, 0.15) is 12.1 Å². The van der Waals surface area contributed by atoms with Crippen LogP contribution in [0, 0.1) is 22.7 Å². The van der Waals surface area contributed by atoms with Crippen molar-refractivity contribution in [1.29, 1.82) is 10.5 Å². The van der Waals surface area contributed by atoms with Crippen molar-refractivity contribution in [3.05, 3.63) is 29.8 Å². The van der Waals surface area contributed by atoms with E-state index in [9.17, 15) is 0 Å². The van der Waals surface area contributed by atoms with Gasteiger partial charge in [0.25, 0.3) is 0 Å². The molecule has 2 rings (SSSR count). The van der Waals surface area contributed by atoms with Crippen molar-refractivity contribution in [2.45, 2.75) is 18.9 Å². The lowest BCUT2D eigenvalue weighted by atomic mass is 10.0. The van der Waals surface area contributed by atoms with E-state index in [1.807, 2.05) is 35.2 Å². The Morgan fingerprint density at radius 1 is 1.20 bits per heavy atom. The standard InChI is InChI=1S/C12H11N3/c13-8-11(9-14)15-7-3-5-10-4-1-2-6-12(10)15/h1-2,4,6,11H,3,5,7H2. The highest BCUT2D eigenvalue weighted by molar-refractivity contribution is 5.58. The van der Waals surface area contributed by atoms with Crippen LogP contribution in [-0.2, 0) is 6.42 Å². The van der Waals surface area contributed by atoms with Crippen molar-refractivity contribution >= 4 is 5.69 Å². The van der Waals surface area contributed by atoms with Crippen LogP contribution in [0.4, 0.5) is 5.69 Å². The van der Waals surface area contributed by atoms with E-state index in [0.29, 0.717) is 0 Å². The van der Waals surface area contributed by atoms with Gasteiger partial charge in [-0.05, 0) is 24.5 Å². The highest BCUT2D eigenvalue weighted by atomic mass is 15.2. The van der Waals surface area contributed by atoms with E-state index in [-0.39, 0.29) is 0 Å². The fourth-order valence-electron chi connectivity index (χ4n) is 2.00. The quantitative estimate of drug-likeness (QED) is 0.690. The van der Waals surface area contributed by atoms with Crippen LogP contribution in [0.25, 0.3) is 0 Å². The zero-order chi connectivity index (χ0) is 10.7. The molecule has 0 aliphatic carbocycles. The topological polar surface area (TPSA) is 50.8 Å². The van der Waals surface area contributed by atoms with Gasteiger partial charge >= 0.3 is 0 Å². The van der Waals surface area contributed by atoms with Crippen molar-refractivity contribution in [2.75, 3.05) is 11.4 Å². The maximum absolute atomic E-state index is 8.89. The Balaban J connectivity index is 2.39. The molecule has 0 spiro atoms. The van der Waals surface area contributed by atoms with Gasteiger partial charge in [-0.2, -0.15) is 10.5 Å². The first kappa shape index (κ1) is 9.55. The molecule has 0 saturated carbocycles. The number of nitriles is 2. The van der Waals surface area contributed by atoms with Gasteiger partial charge in [-0.3, -0.25) is 0 Å². The average molecular weight is 197 g/mol. The van der Waals surface area contributed by atoms with Gasteiger partial charge < -0.3 is 4.90 Å². The van der Waals surface area contributed by atoms with Gasteiger partial charge in [0, 0.05) is 12.2 Å². The van der Waals surface area contributed by atoms with Crippen LogP contribution in [0.15, 0.2) is 24.3 Å². The van der Waals surface area contributed by atoms with Crippen LogP contribution >= 0.6 is 0 Å². The second-order valence-electron chi connectivity index (χ2n) is 3.59. The van der Waals surface area contributed by atoms with Crippen LogP contribution in [0.1, 0.15) is 12.0 Å². The normalized spacial score (nSPS) is 14.2. The minimum Gasteiger partial charge on any atom is -0.344 e. The van der Waals surface area contributed by atoms with Gasteiger partial charge in [0.05, 0.1) is 0 Å². The van der Waals surface area contributed by atoms with Gasteiger partial charge in [-0.15, -0.1) is 0 Å². The van der Waals surface area contributed by atoms with Crippen LogP contribution in [0.5, 0.6) is 0 Å². The summed E-state index contributed by atoms with van der Waals surface area (Å²) in [5, 5.41) is 17.8. The second kappa shape index (κ2) is 4.02. The Hall–Kier alpha value is -2.00. The lowest BCUT2D eigenvalue weighted by Gasteiger charge is -2.31. The summed E-state index contributed by atoms with van der Waals surface area (Å²) in [6, 6.07) is 11.4. The van der Waals surface area contributed by atoms with Crippen molar-refractivity contribution < 1.29 is 0 Å². The third-order valence-electron chi connectivity index (χ3n) is 2.70. The van der Waals surface area contributed by atoms with E-state index in [1.165, 1.54) is 5.56 Å². The SMILES string of the molecule is N#CC(C#N)N1CCCc2ccccc21. The first-order valence-electron chi connectivity index (χ1n) is 5.00. The highest BCUT2D eigenvalue weighted by Crippen LogP contribution is 2.27. The summed E-state index contributed by atoms with van der Waals surface area (Å²) < 4.78 is 0. The molecule has 1 aromatic rings. The van der Waals surface area contributed by atoms with Gasteiger partial charge in [-0.1, -0.05) is 18.2 Å². The second-order valence-corrected chi connectivity index (χ2v) is 3.59. The molecular formula is C12H11N3. The largest absolute Gasteiger partial charge is 0.344 e. The average Bonchev–Trinajstić information content (AvgIpc) is 2.31. The van der Waals surface area contributed by atoms with Gasteiger partial charge in [-0.25, -0.2) is 0 Å². The third-order valence-corrected chi connectivity index (χ3v) is 2.70. The fourth-order valence-corrected chi connectivity index (χ4v) is 2.00. The van der Waals surface area contributed by atoms with E-state index in [2.05, 4.69) is 6.07 Å². The number of benzene rings is 1. The monoisotopic (exact) mass is 197 g/mol. The van der Waals surface area contributed by atoms with Crippen LogP contribution in [0.3, 0.4) is 0 Å². The molecule has 0 radical (unpaired) electrons. The number of para-hydroxylation sites is 1. The van der Waals surface area contributed by atoms with Crippen molar-refractivity contribution in [1.82, 2.24) is 0 Å². The van der Waals surface area contributed by atoms with E-state index in [0.717, 1.165) is 25.1 Å². The zero-order valence-electron chi connectivity index (χ0n) is 8.35. The molecule has 0 unspecified atom stereocenters. The van der Waals surface area contributed by atoms with Crippen molar-refractivity contribution in [3.8, 4) is 12.1 Å². The number of hydrogen-bond acceptors (Lipinski definition) is 3. The highest BCUT2D eigenvalue weighted by Gasteiger charge is 2.23. The van der Waals surface area contributed by atoms with Gasteiger partial charge in [0.15, 0.2) is 0 Å². The smallest absolute Gasteiger partial charge is 0.204 e. The molecule has 3 nitrogen and oxygen atoms in total. The summed E-state index contributed by atoms with van der Waals surface area (Å²) in [6.07, 6.45) is 2.05. The summed E-state index contributed by atoms with van der Waals surface area (Å²) in [5.74, 6) is 0. The van der Waals surface area contributed by atoms with Gasteiger partial charge in [0.2, 0.25) is 6.04 Å². The molecule has 15 heavy (non-hydrogen) atoms. The molecule has 0 aromatic heterocycles. The first-order valence-corrected chi connectivity index (χ1v) is 5.00. The van der Waals surface area contributed by atoms with Crippen LogP contribution < -0.4 is 4.90 Å². The Kier molecular flexibility index (Phi) is 2.56. The summed E-state index contributed by atoms with van der Waals surface area (Å²) in [4.78, 5) is 1.89. The Morgan fingerprint density at radius 3 is 2.67 bits per heavy atom. The summed E-state index contributed by atoms with van der Waals surface area (Å²) in [5.41, 5.74) is 2.27. The number of hydrogen-bond donors (Lipinski definition) is 0. The number of nitrogens with zero attached hydrogens (tertiary/aromatic N) is 3. The summed E-state index contributed by atoms with van der Waals surface area (Å²) in [7, 11) is 0. The van der Waals surface area contributed by atoms with Crippen molar-refractivity contribution in [3.63, 3.8) is 0 Å². The Morgan fingerprint density at radius 2 is 1.93 bits per heavy atom. The van der Waals surface area contributed by atoms with E-state index in [4.69, 9.17) is 10.5 Å². The minimum atomic E-state index is -0.661. The molecule has 74 valence electrons. The molecular weight excluding hydrogens is 186 g/mol. The molecule has 0 atom stereocenters. The Bertz CT molecular complexity index is 425. The predicted molar refractivity (Wildman–Crippen MR) is 57.1 cm³/mol. The molecule has 0 bridgehead atoms. The molecule has 1 aliphatic rings. The van der Waals surface area contributed by atoms with Crippen LogP contribution in [-0.4, -0.2) is 12.6 Å². The van der Waals surface area contributed by atoms with E-state index >= 15 is 0 Å². The third kappa shape index (κ3) is 1.65. The van der Waals surface area contributed by atoms with E-state index < -0.39 is 6.04 Å².